The van der Waals surface area contributed by atoms with Crippen LogP contribution in [0.2, 0.25) is 0 Å². The summed E-state index contributed by atoms with van der Waals surface area (Å²) in [6, 6.07) is 0.512. The van der Waals surface area contributed by atoms with Crippen molar-refractivity contribution in [3.8, 4) is 0 Å². The van der Waals surface area contributed by atoms with E-state index in [0.29, 0.717) is 18.2 Å². The number of carbonyl (C=O) groups excluding carboxylic acids is 1. The van der Waals surface area contributed by atoms with E-state index in [1.807, 2.05) is 0 Å². The minimum Gasteiger partial charge on any atom is -0.352 e. The summed E-state index contributed by atoms with van der Waals surface area (Å²) in [7, 11) is 2.16. The number of H-pyrrole nitrogens is 1. The summed E-state index contributed by atoms with van der Waals surface area (Å²) >= 11 is 0. The molecule has 0 aliphatic carbocycles. The van der Waals surface area contributed by atoms with Crippen LogP contribution in [0.3, 0.4) is 0 Å². The number of nitrogens with one attached hydrogen (secondary N) is 2. The largest absolute Gasteiger partial charge is 0.352 e. The Morgan fingerprint density at radius 2 is 2.21 bits per heavy atom. The number of nitrogens with zero attached hydrogens (tertiary/aromatic N) is 3. The third-order valence-corrected chi connectivity index (χ3v) is 3.77. The minimum atomic E-state index is -0.0562. The Hall–Kier alpha value is -1.40. The highest BCUT2D eigenvalue weighted by molar-refractivity contribution is 5.93. The molecule has 6 heteroatoms. The molecule has 1 amide bonds. The number of hydrogen-bond donors (Lipinski definition) is 2. The van der Waals surface area contributed by atoms with Crippen LogP contribution in [-0.2, 0) is 0 Å². The van der Waals surface area contributed by atoms with Crippen LogP contribution in [0, 0.1) is 0 Å². The first-order chi connectivity index (χ1) is 9.16. The van der Waals surface area contributed by atoms with Crippen LogP contribution >= 0.6 is 0 Å². The number of aromatic amines is 1. The van der Waals surface area contributed by atoms with Crippen LogP contribution in [0.1, 0.15) is 23.7 Å². The molecule has 0 aromatic carbocycles. The number of rotatable bonds is 5. The smallest absolute Gasteiger partial charge is 0.254 e. The van der Waals surface area contributed by atoms with Gasteiger partial charge in [-0.15, -0.1) is 0 Å². The second-order valence-corrected chi connectivity index (χ2v) is 5.22. The molecule has 19 heavy (non-hydrogen) atoms. The Bertz CT molecular complexity index is 384. The van der Waals surface area contributed by atoms with Crippen molar-refractivity contribution >= 4 is 5.91 Å². The molecular formula is C13H23N5O. The fourth-order valence-electron chi connectivity index (χ4n) is 2.32. The van der Waals surface area contributed by atoms with Gasteiger partial charge < -0.3 is 10.2 Å². The molecule has 1 aliphatic rings. The lowest BCUT2D eigenvalue weighted by Gasteiger charge is -2.36. The highest BCUT2D eigenvalue weighted by atomic mass is 16.1. The molecule has 2 N–H and O–H groups in total. The van der Waals surface area contributed by atoms with Crippen molar-refractivity contribution in [1.82, 2.24) is 25.3 Å². The van der Waals surface area contributed by atoms with Gasteiger partial charge in [0.15, 0.2) is 0 Å². The molecule has 1 aromatic rings. The zero-order chi connectivity index (χ0) is 13.7. The van der Waals surface area contributed by atoms with E-state index >= 15 is 0 Å². The van der Waals surface area contributed by atoms with E-state index in [4.69, 9.17) is 0 Å². The molecule has 1 aliphatic heterocycles. The van der Waals surface area contributed by atoms with E-state index in [1.54, 1.807) is 12.4 Å². The SMILES string of the molecule is CC(CCNC(=O)c1cn[nH]c1)N1CCN(C)CC1. The number of aromatic nitrogens is 2. The predicted octanol–water partition coefficient (Wildman–Crippen LogP) is 0.166. The van der Waals surface area contributed by atoms with Gasteiger partial charge in [-0.25, -0.2) is 0 Å². The van der Waals surface area contributed by atoms with E-state index in [1.165, 1.54) is 0 Å². The van der Waals surface area contributed by atoms with Gasteiger partial charge in [-0.3, -0.25) is 14.8 Å². The molecule has 1 atom stereocenters. The lowest BCUT2D eigenvalue weighted by Crippen LogP contribution is -2.48. The summed E-state index contributed by atoms with van der Waals surface area (Å²) in [6.07, 6.45) is 4.13. The van der Waals surface area contributed by atoms with Crippen molar-refractivity contribution in [1.29, 1.82) is 0 Å². The summed E-state index contributed by atoms with van der Waals surface area (Å²) < 4.78 is 0. The predicted molar refractivity (Wildman–Crippen MR) is 74.1 cm³/mol. The lowest BCUT2D eigenvalue weighted by atomic mass is 10.1. The van der Waals surface area contributed by atoms with Crippen molar-refractivity contribution in [2.45, 2.75) is 19.4 Å². The Morgan fingerprint density at radius 3 is 2.84 bits per heavy atom. The highest BCUT2D eigenvalue weighted by Gasteiger charge is 2.18. The molecular weight excluding hydrogens is 242 g/mol. The first kappa shape index (κ1) is 14.0. The Labute approximate surface area is 114 Å². The summed E-state index contributed by atoms with van der Waals surface area (Å²) in [4.78, 5) is 16.6. The van der Waals surface area contributed by atoms with Crippen LogP contribution in [0.15, 0.2) is 12.4 Å². The molecule has 1 aromatic heterocycles. The first-order valence-electron chi connectivity index (χ1n) is 6.86. The fraction of sp³-hybridized carbons (Fsp3) is 0.692. The Morgan fingerprint density at radius 1 is 1.47 bits per heavy atom. The molecule has 1 unspecified atom stereocenters. The van der Waals surface area contributed by atoms with Crippen molar-refractivity contribution < 1.29 is 4.79 Å². The van der Waals surface area contributed by atoms with E-state index in [9.17, 15) is 4.79 Å². The van der Waals surface area contributed by atoms with Gasteiger partial charge in [-0.2, -0.15) is 5.10 Å². The number of likely N-dealkylation sites (N-methyl/N-ethyl adjacent to an activating group) is 1. The monoisotopic (exact) mass is 265 g/mol. The zero-order valence-corrected chi connectivity index (χ0v) is 11.7. The summed E-state index contributed by atoms with van der Waals surface area (Å²) in [5.41, 5.74) is 0.590. The van der Waals surface area contributed by atoms with Crippen LogP contribution in [0.4, 0.5) is 0 Å². The average molecular weight is 265 g/mol. The Kier molecular flexibility index (Phi) is 4.93. The fourth-order valence-corrected chi connectivity index (χ4v) is 2.32. The maximum atomic E-state index is 11.7. The summed E-state index contributed by atoms with van der Waals surface area (Å²) in [6.45, 7) is 7.44. The van der Waals surface area contributed by atoms with Gasteiger partial charge in [0.1, 0.15) is 0 Å². The quantitative estimate of drug-likeness (QED) is 0.796. The van der Waals surface area contributed by atoms with Crippen molar-refractivity contribution in [3.05, 3.63) is 18.0 Å². The first-order valence-corrected chi connectivity index (χ1v) is 6.86. The molecule has 0 radical (unpaired) electrons. The molecule has 1 fully saturated rings. The third kappa shape index (κ3) is 4.04. The normalized spacial score (nSPS) is 19.3. The maximum absolute atomic E-state index is 11.7. The van der Waals surface area contributed by atoms with E-state index < -0.39 is 0 Å². The van der Waals surface area contributed by atoms with Gasteiger partial charge >= 0.3 is 0 Å². The van der Waals surface area contributed by atoms with Crippen LogP contribution in [-0.4, -0.2) is 71.7 Å². The number of carbonyl (C=O) groups is 1. The van der Waals surface area contributed by atoms with Gasteiger partial charge in [0.05, 0.1) is 11.8 Å². The second kappa shape index (κ2) is 6.68. The number of amides is 1. The minimum absolute atomic E-state index is 0.0562. The number of piperazine rings is 1. The molecule has 6 nitrogen and oxygen atoms in total. The van der Waals surface area contributed by atoms with Gasteiger partial charge in [0.2, 0.25) is 0 Å². The van der Waals surface area contributed by atoms with Crippen LogP contribution in [0.25, 0.3) is 0 Å². The van der Waals surface area contributed by atoms with E-state index in [2.05, 4.69) is 39.3 Å². The molecule has 0 saturated carbocycles. The van der Waals surface area contributed by atoms with Crippen molar-refractivity contribution in [2.75, 3.05) is 39.8 Å². The van der Waals surface area contributed by atoms with Crippen LogP contribution < -0.4 is 5.32 Å². The topological polar surface area (TPSA) is 64.3 Å². The lowest BCUT2D eigenvalue weighted by molar-refractivity contribution is 0.0935. The van der Waals surface area contributed by atoms with Gasteiger partial charge in [-0.1, -0.05) is 0 Å². The molecule has 106 valence electrons. The average Bonchev–Trinajstić information content (AvgIpc) is 2.93. The summed E-state index contributed by atoms with van der Waals surface area (Å²) in [5.74, 6) is -0.0562. The maximum Gasteiger partial charge on any atom is 0.254 e. The number of hydrogen-bond acceptors (Lipinski definition) is 4. The van der Waals surface area contributed by atoms with Gasteiger partial charge in [0, 0.05) is 45.0 Å². The standard InChI is InChI=1S/C13H23N5O/c1-11(18-7-5-17(2)6-8-18)3-4-14-13(19)12-9-15-16-10-12/h9-11H,3-8H2,1-2H3,(H,14,19)(H,15,16). The molecule has 2 rings (SSSR count). The van der Waals surface area contributed by atoms with Crippen molar-refractivity contribution in [2.24, 2.45) is 0 Å². The Balaban J connectivity index is 1.66. The molecule has 0 spiro atoms. The molecule has 2 heterocycles. The summed E-state index contributed by atoms with van der Waals surface area (Å²) in [5, 5.41) is 9.34. The molecule has 1 saturated heterocycles. The van der Waals surface area contributed by atoms with Crippen LogP contribution in [0.5, 0.6) is 0 Å². The van der Waals surface area contributed by atoms with Gasteiger partial charge in [-0.05, 0) is 20.4 Å². The second-order valence-electron chi connectivity index (χ2n) is 5.22. The highest BCUT2D eigenvalue weighted by Crippen LogP contribution is 2.07. The molecule has 0 bridgehead atoms. The van der Waals surface area contributed by atoms with Crippen molar-refractivity contribution in [3.63, 3.8) is 0 Å². The third-order valence-electron chi connectivity index (χ3n) is 3.77. The van der Waals surface area contributed by atoms with Gasteiger partial charge in [0.25, 0.3) is 5.91 Å². The van der Waals surface area contributed by atoms with E-state index in [0.717, 1.165) is 32.6 Å². The van der Waals surface area contributed by atoms with E-state index in [-0.39, 0.29) is 5.91 Å². The zero-order valence-electron chi connectivity index (χ0n) is 11.7.